The summed E-state index contributed by atoms with van der Waals surface area (Å²) in [6.07, 6.45) is 2.05. The summed E-state index contributed by atoms with van der Waals surface area (Å²) in [5, 5.41) is 6.31. The third kappa shape index (κ3) is 6.54. The summed E-state index contributed by atoms with van der Waals surface area (Å²) in [5.74, 6) is 0.692. The number of rotatable bonds is 9. The number of carbonyl (C=O) groups is 1. The average molecular weight is 374 g/mol. The first-order valence-corrected chi connectivity index (χ1v) is 10.2. The van der Waals surface area contributed by atoms with Crippen LogP contribution in [-0.4, -0.2) is 29.4 Å². The number of aromatic nitrogens is 1. The lowest BCUT2D eigenvalue weighted by Crippen LogP contribution is -2.36. The van der Waals surface area contributed by atoms with Crippen LogP contribution in [0.15, 0.2) is 29.6 Å². The van der Waals surface area contributed by atoms with E-state index in [9.17, 15) is 4.79 Å². The Morgan fingerprint density at radius 1 is 1.23 bits per heavy atom. The predicted octanol–water partition coefficient (Wildman–Crippen LogP) is 4.21. The first kappa shape index (κ1) is 20.6. The Morgan fingerprint density at radius 3 is 2.50 bits per heavy atom. The van der Waals surface area contributed by atoms with Crippen LogP contribution in [0, 0.1) is 5.92 Å². The highest BCUT2D eigenvalue weighted by molar-refractivity contribution is 7.09. The van der Waals surface area contributed by atoms with Gasteiger partial charge in [-0.1, -0.05) is 45.0 Å². The molecule has 0 saturated carbocycles. The molecule has 0 radical (unpaired) electrons. The van der Waals surface area contributed by atoms with Crippen molar-refractivity contribution in [2.24, 2.45) is 5.92 Å². The molecule has 2 rings (SSSR count). The minimum Gasteiger partial charge on any atom is -0.348 e. The Bertz CT molecular complexity index is 694. The minimum atomic E-state index is 0.00923. The molecular weight excluding hydrogens is 342 g/mol. The highest BCUT2D eigenvalue weighted by atomic mass is 32.1. The monoisotopic (exact) mass is 373 g/mol. The molecule has 2 aromatic rings. The molecule has 26 heavy (non-hydrogen) atoms. The lowest BCUT2D eigenvalue weighted by Gasteiger charge is -2.19. The Balaban J connectivity index is 1.82. The van der Waals surface area contributed by atoms with E-state index in [4.69, 9.17) is 0 Å². The average Bonchev–Trinajstić information content (AvgIpc) is 3.02. The highest BCUT2D eigenvalue weighted by Gasteiger charge is 2.13. The number of amides is 1. The van der Waals surface area contributed by atoms with Crippen LogP contribution in [0.5, 0.6) is 0 Å². The van der Waals surface area contributed by atoms with E-state index in [2.05, 4.69) is 60.7 Å². The maximum Gasteiger partial charge on any atom is 0.234 e. The number of nitrogens with zero attached hydrogens (tertiary/aromatic N) is 2. The van der Waals surface area contributed by atoms with Gasteiger partial charge in [0.1, 0.15) is 0 Å². The first-order valence-electron chi connectivity index (χ1n) is 9.37. The number of aryl methyl sites for hydroxylation is 1. The third-order valence-electron chi connectivity index (χ3n) is 4.25. The van der Waals surface area contributed by atoms with E-state index in [1.54, 1.807) is 11.3 Å². The zero-order valence-corrected chi connectivity index (χ0v) is 17.4. The number of likely N-dealkylation sites (N-methyl/N-ethyl adjacent to an activating group) is 1. The molecule has 0 saturated heterocycles. The van der Waals surface area contributed by atoms with Gasteiger partial charge in [0.15, 0.2) is 0 Å². The summed E-state index contributed by atoms with van der Waals surface area (Å²) in [4.78, 5) is 18.9. The van der Waals surface area contributed by atoms with Crippen LogP contribution < -0.4 is 5.32 Å². The van der Waals surface area contributed by atoms with E-state index in [0.29, 0.717) is 19.0 Å². The normalized spacial score (nSPS) is 12.6. The molecule has 0 aliphatic carbocycles. The van der Waals surface area contributed by atoms with Crippen molar-refractivity contribution in [2.45, 2.75) is 53.1 Å². The van der Waals surface area contributed by atoms with Crippen LogP contribution >= 0.6 is 11.3 Å². The number of carbonyl (C=O) groups excluding carboxylic acids is 1. The fraction of sp³-hybridized carbons (Fsp3) is 0.524. The van der Waals surface area contributed by atoms with Gasteiger partial charge in [-0.15, -0.1) is 11.3 Å². The van der Waals surface area contributed by atoms with Crippen molar-refractivity contribution in [3.8, 4) is 0 Å². The number of hydrogen-bond acceptors (Lipinski definition) is 4. The van der Waals surface area contributed by atoms with E-state index < -0.39 is 0 Å². The van der Waals surface area contributed by atoms with Crippen LogP contribution in [0.3, 0.4) is 0 Å². The molecule has 1 heterocycles. The quantitative estimate of drug-likeness (QED) is 0.716. The predicted molar refractivity (Wildman–Crippen MR) is 109 cm³/mol. The van der Waals surface area contributed by atoms with Crippen molar-refractivity contribution in [3.63, 3.8) is 0 Å². The Labute approximate surface area is 161 Å². The lowest BCUT2D eigenvalue weighted by molar-refractivity contribution is -0.122. The fourth-order valence-electron chi connectivity index (χ4n) is 2.95. The Morgan fingerprint density at radius 2 is 1.92 bits per heavy atom. The van der Waals surface area contributed by atoms with Gasteiger partial charge in [-0.2, -0.15) is 0 Å². The van der Waals surface area contributed by atoms with Gasteiger partial charge in [0.25, 0.3) is 0 Å². The molecule has 1 aromatic heterocycles. The fourth-order valence-corrected chi connectivity index (χ4v) is 3.68. The van der Waals surface area contributed by atoms with E-state index in [-0.39, 0.29) is 11.9 Å². The van der Waals surface area contributed by atoms with Gasteiger partial charge in [-0.05, 0) is 43.9 Å². The molecule has 1 aromatic carbocycles. The molecule has 0 aliphatic rings. The second kappa shape index (κ2) is 9.83. The van der Waals surface area contributed by atoms with Crippen LogP contribution in [0.2, 0.25) is 0 Å². The summed E-state index contributed by atoms with van der Waals surface area (Å²) >= 11 is 1.68. The number of benzene rings is 1. The molecule has 5 heteroatoms. The molecular formula is C21H31N3OS. The van der Waals surface area contributed by atoms with Crippen molar-refractivity contribution in [1.82, 2.24) is 15.2 Å². The Hall–Kier alpha value is -1.72. The number of nitrogens with one attached hydrogen (secondary N) is 1. The maximum absolute atomic E-state index is 12.3. The molecule has 4 nitrogen and oxygen atoms in total. The van der Waals surface area contributed by atoms with E-state index >= 15 is 0 Å². The molecule has 142 valence electrons. The van der Waals surface area contributed by atoms with Crippen molar-refractivity contribution in [2.75, 3.05) is 13.6 Å². The summed E-state index contributed by atoms with van der Waals surface area (Å²) in [5.41, 5.74) is 3.52. The van der Waals surface area contributed by atoms with E-state index in [1.807, 2.05) is 18.9 Å². The minimum absolute atomic E-state index is 0.00923. The summed E-state index contributed by atoms with van der Waals surface area (Å²) < 4.78 is 0. The zero-order valence-electron chi connectivity index (χ0n) is 16.6. The standard InChI is InChI=1S/C21H31N3OS/c1-6-21-23-19(14-26-21)12-24(5)13-20(25)22-16(4)18-9-7-17(8-10-18)11-15(2)3/h7-10,14-16H,6,11-13H2,1-5H3,(H,22,25). The van der Waals surface area contributed by atoms with Gasteiger partial charge in [0.05, 0.1) is 23.3 Å². The molecule has 0 spiro atoms. The second-order valence-corrected chi connectivity index (χ2v) is 8.33. The summed E-state index contributed by atoms with van der Waals surface area (Å²) in [6.45, 7) is 9.65. The molecule has 1 N–H and O–H groups in total. The summed E-state index contributed by atoms with van der Waals surface area (Å²) in [7, 11) is 1.95. The van der Waals surface area contributed by atoms with E-state index in [1.165, 1.54) is 5.56 Å². The van der Waals surface area contributed by atoms with Gasteiger partial charge >= 0.3 is 0 Å². The number of hydrogen-bond donors (Lipinski definition) is 1. The van der Waals surface area contributed by atoms with Gasteiger partial charge in [0, 0.05) is 11.9 Å². The van der Waals surface area contributed by atoms with Crippen LogP contribution in [0.4, 0.5) is 0 Å². The molecule has 1 amide bonds. The van der Waals surface area contributed by atoms with Crippen molar-refractivity contribution >= 4 is 17.2 Å². The highest BCUT2D eigenvalue weighted by Crippen LogP contribution is 2.16. The van der Waals surface area contributed by atoms with Crippen molar-refractivity contribution < 1.29 is 4.79 Å². The van der Waals surface area contributed by atoms with Gasteiger partial charge in [-0.25, -0.2) is 4.98 Å². The van der Waals surface area contributed by atoms with Gasteiger partial charge in [-0.3, -0.25) is 9.69 Å². The number of thiazole rings is 1. The van der Waals surface area contributed by atoms with E-state index in [0.717, 1.165) is 29.1 Å². The summed E-state index contributed by atoms with van der Waals surface area (Å²) in [6, 6.07) is 8.58. The first-order chi connectivity index (χ1) is 12.4. The van der Waals surface area contributed by atoms with Crippen LogP contribution in [0.25, 0.3) is 0 Å². The van der Waals surface area contributed by atoms with Gasteiger partial charge < -0.3 is 5.32 Å². The molecule has 1 atom stereocenters. The smallest absolute Gasteiger partial charge is 0.234 e. The zero-order chi connectivity index (χ0) is 19.1. The van der Waals surface area contributed by atoms with Crippen LogP contribution in [-0.2, 0) is 24.2 Å². The molecule has 1 unspecified atom stereocenters. The largest absolute Gasteiger partial charge is 0.348 e. The Kier molecular flexibility index (Phi) is 7.79. The molecule has 0 fully saturated rings. The third-order valence-corrected chi connectivity index (χ3v) is 5.29. The molecule has 0 bridgehead atoms. The van der Waals surface area contributed by atoms with Crippen molar-refractivity contribution in [3.05, 3.63) is 51.5 Å². The van der Waals surface area contributed by atoms with Crippen molar-refractivity contribution in [1.29, 1.82) is 0 Å². The van der Waals surface area contributed by atoms with Crippen LogP contribution in [0.1, 0.15) is 55.6 Å². The maximum atomic E-state index is 12.3. The SMILES string of the molecule is CCc1nc(CN(C)CC(=O)NC(C)c2ccc(CC(C)C)cc2)cs1. The lowest BCUT2D eigenvalue weighted by atomic mass is 10.00. The topological polar surface area (TPSA) is 45.2 Å². The molecule has 0 aliphatic heterocycles. The second-order valence-electron chi connectivity index (χ2n) is 7.39. The van der Waals surface area contributed by atoms with Gasteiger partial charge in [0.2, 0.25) is 5.91 Å².